The molecule has 0 aliphatic carbocycles. The third kappa shape index (κ3) is 4.26. The number of hydrogen-bond donors (Lipinski definition) is 3. The summed E-state index contributed by atoms with van der Waals surface area (Å²) in [5.74, 6) is 0.134. The van der Waals surface area contributed by atoms with Crippen molar-refractivity contribution in [2.24, 2.45) is 0 Å². The largest absolute Gasteiger partial charge is 0.507 e. The number of hydrogen-bond acceptors (Lipinski definition) is 6. The minimum absolute atomic E-state index is 0.110. The molecule has 7 nitrogen and oxygen atoms in total. The van der Waals surface area contributed by atoms with E-state index >= 15 is 0 Å². The Hall–Kier alpha value is -3.45. The SMILES string of the molecule is Nc1nnc(-c2ccccc2O)cc1-c1ccc(C2CCN(CC(=O)O)CC2)cc1. The smallest absolute Gasteiger partial charge is 0.317 e. The maximum Gasteiger partial charge on any atom is 0.317 e. The number of piperidine rings is 1. The highest BCUT2D eigenvalue weighted by Gasteiger charge is 2.22. The number of aromatic nitrogens is 2. The Kier molecular flexibility index (Phi) is 5.63. The average Bonchev–Trinajstić information content (AvgIpc) is 2.75. The number of nitrogen functional groups attached to an aromatic ring is 1. The van der Waals surface area contributed by atoms with Crippen LogP contribution in [0, 0.1) is 0 Å². The van der Waals surface area contributed by atoms with Crippen molar-refractivity contribution >= 4 is 11.8 Å². The van der Waals surface area contributed by atoms with Gasteiger partial charge in [0, 0.05) is 11.1 Å². The summed E-state index contributed by atoms with van der Waals surface area (Å²) >= 11 is 0. The van der Waals surface area contributed by atoms with E-state index in [-0.39, 0.29) is 12.3 Å². The van der Waals surface area contributed by atoms with E-state index in [2.05, 4.69) is 22.3 Å². The van der Waals surface area contributed by atoms with Gasteiger partial charge < -0.3 is 15.9 Å². The Balaban J connectivity index is 1.53. The molecule has 30 heavy (non-hydrogen) atoms. The summed E-state index contributed by atoms with van der Waals surface area (Å²) in [5, 5.41) is 27.3. The van der Waals surface area contributed by atoms with Gasteiger partial charge in [-0.3, -0.25) is 9.69 Å². The molecule has 4 rings (SSSR count). The van der Waals surface area contributed by atoms with Gasteiger partial charge in [-0.05, 0) is 61.2 Å². The Bertz CT molecular complexity index is 1040. The first-order valence-electron chi connectivity index (χ1n) is 9.97. The number of aliphatic carboxylic acids is 1. The molecule has 3 aromatic rings. The summed E-state index contributed by atoms with van der Waals surface area (Å²) in [7, 11) is 0. The normalized spacial score (nSPS) is 15.2. The molecule has 0 unspecified atom stereocenters. The molecule has 0 saturated carbocycles. The summed E-state index contributed by atoms with van der Waals surface area (Å²) in [4.78, 5) is 12.9. The summed E-state index contributed by atoms with van der Waals surface area (Å²) in [5.41, 5.74) is 10.2. The Morgan fingerprint density at radius 2 is 1.73 bits per heavy atom. The van der Waals surface area contributed by atoms with E-state index in [1.54, 1.807) is 18.2 Å². The van der Waals surface area contributed by atoms with Crippen LogP contribution in [0.15, 0.2) is 54.6 Å². The molecule has 4 N–H and O–H groups in total. The number of nitrogens with two attached hydrogens (primary N) is 1. The van der Waals surface area contributed by atoms with E-state index in [0.29, 0.717) is 23.0 Å². The van der Waals surface area contributed by atoms with Gasteiger partial charge in [0.25, 0.3) is 0 Å². The van der Waals surface area contributed by atoms with Gasteiger partial charge in [-0.1, -0.05) is 36.4 Å². The molecule has 0 spiro atoms. The Labute approximate surface area is 174 Å². The molecule has 154 valence electrons. The van der Waals surface area contributed by atoms with E-state index in [1.807, 2.05) is 29.2 Å². The number of carbonyl (C=O) groups is 1. The molecule has 1 fully saturated rings. The maximum atomic E-state index is 10.9. The van der Waals surface area contributed by atoms with Crippen LogP contribution in [0.5, 0.6) is 5.75 Å². The third-order valence-electron chi connectivity index (χ3n) is 5.64. The fraction of sp³-hybridized carbons (Fsp3) is 0.261. The van der Waals surface area contributed by atoms with Crippen molar-refractivity contribution in [1.29, 1.82) is 0 Å². The molecular weight excluding hydrogens is 380 g/mol. The van der Waals surface area contributed by atoms with Crippen LogP contribution in [0.1, 0.15) is 24.3 Å². The molecule has 0 bridgehead atoms. The molecular formula is C23H24N4O3. The zero-order valence-electron chi connectivity index (χ0n) is 16.5. The minimum atomic E-state index is -0.774. The summed E-state index contributed by atoms with van der Waals surface area (Å²) in [6.07, 6.45) is 1.89. The molecule has 0 amide bonds. The van der Waals surface area contributed by atoms with Crippen LogP contribution >= 0.6 is 0 Å². The van der Waals surface area contributed by atoms with E-state index in [4.69, 9.17) is 10.8 Å². The van der Waals surface area contributed by atoms with Crippen molar-refractivity contribution < 1.29 is 15.0 Å². The topological polar surface area (TPSA) is 113 Å². The Morgan fingerprint density at radius 3 is 2.40 bits per heavy atom. The average molecular weight is 404 g/mol. The number of benzene rings is 2. The monoisotopic (exact) mass is 404 g/mol. The lowest BCUT2D eigenvalue weighted by Gasteiger charge is -2.31. The zero-order chi connectivity index (χ0) is 21.1. The highest BCUT2D eigenvalue weighted by molar-refractivity contribution is 5.79. The van der Waals surface area contributed by atoms with Gasteiger partial charge in [-0.2, -0.15) is 0 Å². The van der Waals surface area contributed by atoms with E-state index in [9.17, 15) is 9.90 Å². The lowest BCUT2D eigenvalue weighted by atomic mass is 9.88. The molecule has 1 saturated heterocycles. The number of para-hydroxylation sites is 1. The van der Waals surface area contributed by atoms with Crippen molar-refractivity contribution in [2.45, 2.75) is 18.8 Å². The number of phenolic OH excluding ortho intramolecular Hbond substituents is 1. The number of carboxylic acid groups (broad SMARTS) is 1. The van der Waals surface area contributed by atoms with Crippen molar-refractivity contribution in [2.75, 3.05) is 25.4 Å². The van der Waals surface area contributed by atoms with Crippen LogP contribution in [0.25, 0.3) is 22.4 Å². The summed E-state index contributed by atoms with van der Waals surface area (Å²) in [6.45, 7) is 1.70. The lowest BCUT2D eigenvalue weighted by Crippen LogP contribution is -2.36. The number of nitrogens with zero attached hydrogens (tertiary/aromatic N) is 3. The van der Waals surface area contributed by atoms with Crippen LogP contribution < -0.4 is 5.73 Å². The van der Waals surface area contributed by atoms with Crippen LogP contribution in [-0.2, 0) is 4.79 Å². The second kappa shape index (κ2) is 8.51. The first-order chi connectivity index (χ1) is 14.5. The van der Waals surface area contributed by atoms with Crippen LogP contribution in [0.2, 0.25) is 0 Å². The number of phenols is 1. The highest BCUT2D eigenvalue weighted by atomic mass is 16.4. The predicted molar refractivity (Wildman–Crippen MR) is 115 cm³/mol. The zero-order valence-corrected chi connectivity index (χ0v) is 16.5. The van der Waals surface area contributed by atoms with Gasteiger partial charge in [0.2, 0.25) is 0 Å². The van der Waals surface area contributed by atoms with E-state index in [0.717, 1.165) is 37.1 Å². The highest BCUT2D eigenvalue weighted by Crippen LogP contribution is 2.34. The molecule has 2 heterocycles. The first kappa shape index (κ1) is 19.8. The number of carboxylic acids is 1. The summed E-state index contributed by atoms with van der Waals surface area (Å²) < 4.78 is 0. The Morgan fingerprint density at radius 1 is 1.03 bits per heavy atom. The fourth-order valence-corrected chi connectivity index (χ4v) is 4.00. The lowest BCUT2D eigenvalue weighted by molar-refractivity contribution is -0.138. The van der Waals surface area contributed by atoms with Crippen molar-refractivity contribution in [3.05, 3.63) is 60.2 Å². The first-order valence-corrected chi connectivity index (χ1v) is 9.97. The van der Waals surface area contributed by atoms with Crippen LogP contribution in [0.4, 0.5) is 5.82 Å². The minimum Gasteiger partial charge on any atom is -0.507 e. The van der Waals surface area contributed by atoms with Gasteiger partial charge in [-0.25, -0.2) is 0 Å². The van der Waals surface area contributed by atoms with E-state index < -0.39 is 5.97 Å². The van der Waals surface area contributed by atoms with Gasteiger partial charge >= 0.3 is 5.97 Å². The van der Waals surface area contributed by atoms with E-state index in [1.165, 1.54) is 5.56 Å². The molecule has 1 aliphatic heterocycles. The third-order valence-corrected chi connectivity index (χ3v) is 5.64. The second-order valence-electron chi connectivity index (χ2n) is 7.61. The molecule has 1 aliphatic rings. The summed E-state index contributed by atoms with van der Waals surface area (Å²) in [6, 6.07) is 17.1. The van der Waals surface area contributed by atoms with Gasteiger partial charge in [-0.15, -0.1) is 10.2 Å². The van der Waals surface area contributed by atoms with Crippen molar-refractivity contribution in [1.82, 2.24) is 15.1 Å². The predicted octanol–water partition coefficient (Wildman–Crippen LogP) is 3.36. The van der Waals surface area contributed by atoms with Crippen molar-refractivity contribution in [3.8, 4) is 28.1 Å². The molecule has 7 heteroatoms. The quantitative estimate of drug-likeness (QED) is 0.598. The van der Waals surface area contributed by atoms with Crippen molar-refractivity contribution in [3.63, 3.8) is 0 Å². The maximum absolute atomic E-state index is 10.9. The molecule has 1 aromatic heterocycles. The van der Waals surface area contributed by atoms with Gasteiger partial charge in [0.05, 0.1) is 12.2 Å². The number of aromatic hydroxyl groups is 1. The second-order valence-corrected chi connectivity index (χ2v) is 7.61. The fourth-order valence-electron chi connectivity index (χ4n) is 4.00. The number of likely N-dealkylation sites (tertiary alicyclic amines) is 1. The van der Waals surface area contributed by atoms with Crippen LogP contribution in [0.3, 0.4) is 0 Å². The number of anilines is 1. The van der Waals surface area contributed by atoms with Crippen LogP contribution in [-0.4, -0.2) is 50.9 Å². The molecule has 0 atom stereocenters. The number of rotatable bonds is 5. The molecule has 0 radical (unpaired) electrons. The van der Waals surface area contributed by atoms with Gasteiger partial charge in [0.1, 0.15) is 5.75 Å². The molecule has 2 aromatic carbocycles. The standard InChI is InChI=1S/C23H24N4O3/c24-23-19(13-20(25-26-23)18-3-1-2-4-21(18)28)17-7-5-15(6-8-17)16-9-11-27(12-10-16)14-22(29)30/h1-8,13,16,28H,9-12,14H2,(H2,24,26)(H,29,30). The van der Waals surface area contributed by atoms with Gasteiger partial charge in [0.15, 0.2) is 5.82 Å².